The number of rotatable bonds is 5. The fourth-order valence-corrected chi connectivity index (χ4v) is 1.79. The third-order valence-electron chi connectivity index (χ3n) is 2.81. The summed E-state index contributed by atoms with van der Waals surface area (Å²) in [6, 6.07) is 6.13. The first kappa shape index (κ1) is 14.8. The monoisotopic (exact) mass is 293 g/mol. The van der Waals surface area contributed by atoms with Gasteiger partial charge in [-0.25, -0.2) is 13.5 Å². The van der Waals surface area contributed by atoms with Gasteiger partial charge >= 0.3 is 0 Å². The number of nitrogens with zero attached hydrogens (tertiary/aromatic N) is 2. The summed E-state index contributed by atoms with van der Waals surface area (Å²) in [5.74, 6) is -2.64. The Labute approximate surface area is 119 Å². The Morgan fingerprint density at radius 1 is 1.19 bits per heavy atom. The van der Waals surface area contributed by atoms with E-state index in [1.54, 1.807) is 0 Å². The van der Waals surface area contributed by atoms with Gasteiger partial charge in [-0.2, -0.15) is 5.10 Å². The number of aromatic nitrogens is 2. The minimum absolute atomic E-state index is 0.176. The summed E-state index contributed by atoms with van der Waals surface area (Å²) in [6.45, 7) is 0.481. The van der Waals surface area contributed by atoms with Gasteiger partial charge in [-0.05, 0) is 24.6 Å². The van der Waals surface area contributed by atoms with Crippen LogP contribution in [-0.2, 0) is 6.54 Å². The highest BCUT2D eigenvalue weighted by atomic mass is 19.1. The zero-order valence-corrected chi connectivity index (χ0v) is 11.1. The molecule has 110 valence electrons. The van der Waals surface area contributed by atoms with E-state index < -0.39 is 23.1 Å². The molecule has 1 N–H and O–H groups in total. The van der Waals surface area contributed by atoms with Crippen molar-refractivity contribution >= 4 is 5.91 Å². The molecule has 2 rings (SSSR count). The van der Waals surface area contributed by atoms with Gasteiger partial charge in [0.2, 0.25) is 0 Å². The lowest BCUT2D eigenvalue weighted by Crippen LogP contribution is -2.29. The average Bonchev–Trinajstić information content (AvgIpc) is 2.45. The molecule has 0 aliphatic carbocycles. The number of aryl methyl sites for hydroxylation is 1. The highest BCUT2D eigenvalue weighted by Gasteiger charge is 2.16. The molecule has 0 aliphatic heterocycles. The minimum atomic E-state index is -0.909. The molecule has 1 aromatic carbocycles. The van der Waals surface area contributed by atoms with Crippen LogP contribution >= 0.6 is 0 Å². The number of hydrogen-bond acceptors (Lipinski definition) is 3. The van der Waals surface area contributed by atoms with Gasteiger partial charge in [0.1, 0.15) is 17.2 Å². The second kappa shape index (κ2) is 6.74. The molecule has 1 heterocycles. The van der Waals surface area contributed by atoms with Gasteiger partial charge in [0.15, 0.2) is 0 Å². The van der Waals surface area contributed by atoms with Crippen LogP contribution in [0, 0.1) is 11.6 Å². The van der Waals surface area contributed by atoms with Gasteiger partial charge < -0.3 is 5.32 Å². The van der Waals surface area contributed by atoms with Crippen molar-refractivity contribution in [3.8, 4) is 0 Å². The molecular formula is C14H13F2N3O2. The molecule has 1 amide bonds. The molecule has 7 heteroatoms. The highest BCUT2D eigenvalue weighted by Crippen LogP contribution is 2.11. The van der Waals surface area contributed by atoms with E-state index in [4.69, 9.17) is 0 Å². The van der Waals surface area contributed by atoms with E-state index in [1.807, 2.05) is 0 Å². The highest BCUT2D eigenvalue weighted by molar-refractivity contribution is 5.94. The van der Waals surface area contributed by atoms with Gasteiger partial charge in [-0.1, -0.05) is 6.07 Å². The van der Waals surface area contributed by atoms with Gasteiger partial charge in [0, 0.05) is 25.4 Å². The maximum Gasteiger partial charge on any atom is 0.266 e. The summed E-state index contributed by atoms with van der Waals surface area (Å²) in [5.41, 5.74) is -0.850. The SMILES string of the molecule is O=C(NCCCn1ncccc1=O)c1c(F)cccc1F. The number of benzene rings is 1. The molecular weight excluding hydrogens is 280 g/mol. The second-order valence-corrected chi connectivity index (χ2v) is 4.29. The molecule has 2 aromatic rings. The molecule has 1 aromatic heterocycles. The summed E-state index contributed by atoms with van der Waals surface area (Å²) in [4.78, 5) is 23.1. The molecule has 0 spiro atoms. The maximum atomic E-state index is 13.4. The summed E-state index contributed by atoms with van der Waals surface area (Å²) < 4.78 is 28.0. The maximum absolute atomic E-state index is 13.4. The lowest BCUT2D eigenvalue weighted by atomic mass is 10.2. The van der Waals surface area contributed by atoms with E-state index in [2.05, 4.69) is 10.4 Å². The van der Waals surface area contributed by atoms with Crippen LogP contribution in [0.15, 0.2) is 41.3 Å². The van der Waals surface area contributed by atoms with Crippen LogP contribution < -0.4 is 10.9 Å². The second-order valence-electron chi connectivity index (χ2n) is 4.29. The van der Waals surface area contributed by atoms with Crippen molar-refractivity contribution in [2.45, 2.75) is 13.0 Å². The van der Waals surface area contributed by atoms with Crippen molar-refractivity contribution < 1.29 is 13.6 Å². The largest absolute Gasteiger partial charge is 0.352 e. The van der Waals surface area contributed by atoms with E-state index >= 15 is 0 Å². The molecule has 0 saturated heterocycles. The molecule has 0 aliphatic rings. The van der Waals surface area contributed by atoms with Crippen molar-refractivity contribution in [2.24, 2.45) is 0 Å². The van der Waals surface area contributed by atoms with E-state index in [0.717, 1.165) is 12.1 Å². The van der Waals surface area contributed by atoms with Crippen LogP contribution in [0.1, 0.15) is 16.8 Å². The number of hydrogen-bond donors (Lipinski definition) is 1. The van der Waals surface area contributed by atoms with Gasteiger partial charge in [-0.15, -0.1) is 0 Å². The Balaban J connectivity index is 1.88. The fraction of sp³-hybridized carbons (Fsp3) is 0.214. The zero-order chi connectivity index (χ0) is 15.2. The number of halogens is 2. The first-order chi connectivity index (χ1) is 10.1. The molecule has 5 nitrogen and oxygen atoms in total. The number of carbonyl (C=O) groups is 1. The van der Waals surface area contributed by atoms with Crippen molar-refractivity contribution in [2.75, 3.05) is 6.54 Å². The third kappa shape index (κ3) is 3.71. The first-order valence-corrected chi connectivity index (χ1v) is 6.34. The molecule has 0 fully saturated rings. The third-order valence-corrected chi connectivity index (χ3v) is 2.81. The number of carbonyl (C=O) groups excluding carboxylic acids is 1. The fourth-order valence-electron chi connectivity index (χ4n) is 1.79. The van der Waals surface area contributed by atoms with Crippen LogP contribution in [0.3, 0.4) is 0 Å². The Morgan fingerprint density at radius 3 is 2.57 bits per heavy atom. The van der Waals surface area contributed by atoms with Crippen LogP contribution in [-0.4, -0.2) is 22.2 Å². The molecule has 0 atom stereocenters. The lowest BCUT2D eigenvalue weighted by Gasteiger charge is -2.07. The topological polar surface area (TPSA) is 64.0 Å². The van der Waals surface area contributed by atoms with Crippen molar-refractivity contribution in [1.82, 2.24) is 15.1 Å². The first-order valence-electron chi connectivity index (χ1n) is 6.34. The van der Waals surface area contributed by atoms with E-state index in [0.29, 0.717) is 13.0 Å². The zero-order valence-electron chi connectivity index (χ0n) is 11.1. The Kier molecular flexibility index (Phi) is 4.76. The smallest absolute Gasteiger partial charge is 0.266 e. The van der Waals surface area contributed by atoms with Crippen LogP contribution in [0.5, 0.6) is 0 Å². The molecule has 0 unspecified atom stereocenters. The Morgan fingerprint density at radius 2 is 1.90 bits per heavy atom. The summed E-state index contributed by atoms with van der Waals surface area (Å²) in [6.07, 6.45) is 1.90. The van der Waals surface area contributed by atoms with E-state index in [1.165, 1.54) is 29.1 Å². The summed E-state index contributed by atoms with van der Waals surface area (Å²) in [7, 11) is 0. The van der Waals surface area contributed by atoms with E-state index in [-0.39, 0.29) is 12.1 Å². The lowest BCUT2D eigenvalue weighted by molar-refractivity contribution is 0.0944. The summed E-state index contributed by atoms with van der Waals surface area (Å²) >= 11 is 0. The predicted molar refractivity (Wildman–Crippen MR) is 71.8 cm³/mol. The van der Waals surface area contributed by atoms with Crippen LogP contribution in [0.4, 0.5) is 8.78 Å². The predicted octanol–water partition coefficient (Wildman–Crippen LogP) is 1.34. The summed E-state index contributed by atoms with van der Waals surface area (Å²) in [5, 5.41) is 6.26. The Hall–Kier alpha value is -2.57. The minimum Gasteiger partial charge on any atom is -0.352 e. The quantitative estimate of drug-likeness (QED) is 0.846. The molecule has 0 bridgehead atoms. The molecule has 21 heavy (non-hydrogen) atoms. The normalized spacial score (nSPS) is 10.4. The standard InChI is InChI=1S/C14H13F2N3O2/c15-10-4-1-5-11(16)13(10)14(21)17-7-3-9-19-12(20)6-2-8-18-19/h1-2,4-6,8H,3,7,9H2,(H,17,21). The van der Waals surface area contributed by atoms with Gasteiger partial charge in [0.25, 0.3) is 11.5 Å². The van der Waals surface area contributed by atoms with Crippen LogP contribution in [0.25, 0.3) is 0 Å². The van der Waals surface area contributed by atoms with Crippen molar-refractivity contribution in [1.29, 1.82) is 0 Å². The molecule has 0 saturated carbocycles. The molecule has 0 radical (unpaired) electrons. The Bertz CT molecular complexity index is 680. The van der Waals surface area contributed by atoms with Crippen molar-refractivity contribution in [3.05, 3.63) is 64.1 Å². The van der Waals surface area contributed by atoms with Gasteiger partial charge in [-0.3, -0.25) is 9.59 Å². The number of nitrogens with one attached hydrogen (secondary N) is 1. The van der Waals surface area contributed by atoms with Crippen molar-refractivity contribution in [3.63, 3.8) is 0 Å². The van der Waals surface area contributed by atoms with Gasteiger partial charge in [0.05, 0.1) is 0 Å². The number of amides is 1. The van der Waals surface area contributed by atoms with Crippen LogP contribution in [0.2, 0.25) is 0 Å². The average molecular weight is 293 g/mol. The van der Waals surface area contributed by atoms with E-state index in [9.17, 15) is 18.4 Å².